The summed E-state index contributed by atoms with van der Waals surface area (Å²) in [5, 5.41) is 13.3. The van der Waals surface area contributed by atoms with E-state index in [9.17, 15) is 14.5 Å². The Morgan fingerprint density at radius 2 is 2.09 bits per heavy atom. The summed E-state index contributed by atoms with van der Waals surface area (Å²) < 4.78 is 24.1. The summed E-state index contributed by atoms with van der Waals surface area (Å²) in [5.41, 5.74) is 5.14. The molecule has 0 radical (unpaired) electrons. The van der Waals surface area contributed by atoms with Crippen LogP contribution in [0.2, 0.25) is 0 Å². The Morgan fingerprint density at radius 3 is 2.68 bits per heavy atom. The molecular weight excluding hydrogens is 297 g/mol. The van der Waals surface area contributed by atoms with Gasteiger partial charge in [-0.1, -0.05) is 0 Å². The smallest absolute Gasteiger partial charge is 0.392 e. The minimum absolute atomic E-state index is 0.0599. The van der Waals surface area contributed by atoms with Gasteiger partial charge in [-0.15, -0.1) is 0 Å². The van der Waals surface area contributed by atoms with Crippen LogP contribution in [0.5, 0.6) is 11.5 Å². The first-order valence-electron chi connectivity index (χ1n) is 5.91. The molecule has 0 spiro atoms. The largest absolute Gasteiger partial charge is 0.497 e. The number of benzene rings is 1. The molecule has 0 amide bonds. The second kappa shape index (κ2) is 6.08. The van der Waals surface area contributed by atoms with Crippen molar-refractivity contribution in [1.82, 2.24) is 9.97 Å². The van der Waals surface area contributed by atoms with Gasteiger partial charge in [-0.2, -0.15) is 4.98 Å². The van der Waals surface area contributed by atoms with Crippen molar-refractivity contribution in [2.45, 2.75) is 0 Å². The first-order chi connectivity index (χ1) is 10.5. The highest BCUT2D eigenvalue weighted by Crippen LogP contribution is 2.32. The van der Waals surface area contributed by atoms with E-state index in [-0.39, 0.29) is 23.1 Å². The monoisotopic (exact) mass is 309 g/mol. The number of aromatic nitrogens is 2. The van der Waals surface area contributed by atoms with Crippen LogP contribution in [0.1, 0.15) is 0 Å². The van der Waals surface area contributed by atoms with Gasteiger partial charge in [0.15, 0.2) is 11.6 Å². The summed E-state index contributed by atoms with van der Waals surface area (Å²) >= 11 is 0. The summed E-state index contributed by atoms with van der Waals surface area (Å²) in [6, 6.07) is 2.69. The van der Waals surface area contributed by atoms with Crippen molar-refractivity contribution in [2.75, 3.05) is 25.3 Å². The molecule has 2 aromatic rings. The van der Waals surface area contributed by atoms with Crippen LogP contribution < -0.4 is 20.5 Å². The second-order valence-corrected chi connectivity index (χ2v) is 4.05. The highest BCUT2D eigenvalue weighted by molar-refractivity contribution is 5.63. The summed E-state index contributed by atoms with van der Waals surface area (Å²) in [7, 11) is 2.70. The van der Waals surface area contributed by atoms with Crippen LogP contribution in [0.4, 0.5) is 27.5 Å². The zero-order valence-electron chi connectivity index (χ0n) is 11.7. The van der Waals surface area contributed by atoms with E-state index in [4.69, 9.17) is 15.2 Å². The lowest BCUT2D eigenvalue weighted by molar-refractivity contribution is -0.388. The van der Waals surface area contributed by atoms with Crippen LogP contribution >= 0.6 is 0 Å². The molecule has 0 aliphatic carbocycles. The van der Waals surface area contributed by atoms with Crippen molar-refractivity contribution < 1.29 is 18.8 Å². The van der Waals surface area contributed by atoms with Gasteiger partial charge in [0, 0.05) is 17.1 Å². The molecular formula is C12H12FN5O4. The number of ether oxygens (including phenoxy) is 2. The van der Waals surface area contributed by atoms with Crippen LogP contribution in [0.25, 0.3) is 0 Å². The number of nitro groups is 1. The fourth-order valence-corrected chi connectivity index (χ4v) is 1.64. The van der Waals surface area contributed by atoms with E-state index >= 15 is 0 Å². The average molecular weight is 309 g/mol. The van der Waals surface area contributed by atoms with E-state index in [0.717, 1.165) is 6.20 Å². The van der Waals surface area contributed by atoms with Gasteiger partial charge in [-0.05, 0) is 4.92 Å². The minimum Gasteiger partial charge on any atom is -0.497 e. The molecule has 116 valence electrons. The van der Waals surface area contributed by atoms with Gasteiger partial charge in [-0.25, -0.2) is 4.39 Å². The normalized spacial score (nSPS) is 10.1. The molecule has 3 N–H and O–H groups in total. The maximum Gasteiger partial charge on any atom is 0.392 e. The van der Waals surface area contributed by atoms with Gasteiger partial charge in [0.05, 0.1) is 26.1 Å². The lowest BCUT2D eigenvalue weighted by atomic mass is 10.2. The number of hydrogen-bond donors (Lipinski definition) is 2. The molecule has 22 heavy (non-hydrogen) atoms. The minimum atomic E-state index is -0.759. The van der Waals surface area contributed by atoms with Gasteiger partial charge in [0.1, 0.15) is 11.4 Å². The number of nitrogens with two attached hydrogens (primary N) is 1. The molecule has 0 aliphatic rings. The van der Waals surface area contributed by atoms with Crippen LogP contribution in [0.15, 0.2) is 18.3 Å². The lowest BCUT2D eigenvalue weighted by Crippen LogP contribution is -2.05. The third-order valence-electron chi connectivity index (χ3n) is 2.68. The predicted molar refractivity (Wildman–Crippen MR) is 75.9 cm³/mol. The predicted octanol–water partition coefficient (Wildman–Crippen LogP) is 1.87. The van der Waals surface area contributed by atoms with Crippen LogP contribution in [0, 0.1) is 15.9 Å². The fourth-order valence-electron chi connectivity index (χ4n) is 1.64. The van der Waals surface area contributed by atoms with E-state index in [1.54, 1.807) is 0 Å². The maximum absolute atomic E-state index is 14.2. The molecule has 1 heterocycles. The van der Waals surface area contributed by atoms with Crippen molar-refractivity contribution in [1.29, 1.82) is 0 Å². The Labute approximate surface area is 124 Å². The molecule has 2 rings (SSSR count). The highest BCUT2D eigenvalue weighted by Gasteiger charge is 2.19. The number of methoxy groups -OCH3 is 2. The molecule has 0 atom stereocenters. The second-order valence-electron chi connectivity index (χ2n) is 4.05. The van der Waals surface area contributed by atoms with E-state index in [1.807, 2.05) is 0 Å². The third-order valence-corrected chi connectivity index (χ3v) is 2.68. The quantitative estimate of drug-likeness (QED) is 0.633. The van der Waals surface area contributed by atoms with Crippen LogP contribution in [0.3, 0.4) is 0 Å². The molecule has 1 aromatic heterocycles. The Bertz CT molecular complexity index is 725. The molecule has 1 aromatic carbocycles. The number of nitrogens with one attached hydrogen (secondary N) is 1. The molecule has 9 nitrogen and oxygen atoms in total. The standard InChI is InChI=1S/C12H12FN5O4/c1-21-6-3-8(10(13)9(4-6)22-2)16-12-15-5-7(14)11(17-12)18(19)20/h3-5H,14H2,1-2H3,(H,15,16,17). The van der Waals surface area contributed by atoms with E-state index < -0.39 is 16.6 Å². The van der Waals surface area contributed by atoms with Crippen molar-refractivity contribution in [2.24, 2.45) is 0 Å². The van der Waals surface area contributed by atoms with E-state index in [1.165, 1.54) is 26.4 Å². The summed E-state index contributed by atoms with van der Waals surface area (Å²) in [6.07, 6.45) is 1.06. The number of nitrogens with zero attached hydrogens (tertiary/aromatic N) is 3. The fraction of sp³-hybridized carbons (Fsp3) is 0.167. The van der Waals surface area contributed by atoms with Gasteiger partial charge in [-0.3, -0.25) is 5.32 Å². The zero-order valence-corrected chi connectivity index (χ0v) is 11.7. The first-order valence-corrected chi connectivity index (χ1v) is 5.91. The molecule has 10 heteroatoms. The van der Waals surface area contributed by atoms with Crippen LogP contribution in [-0.2, 0) is 0 Å². The first kappa shape index (κ1) is 15.2. The van der Waals surface area contributed by atoms with Gasteiger partial charge in [0.2, 0.25) is 0 Å². The van der Waals surface area contributed by atoms with Gasteiger partial charge >= 0.3 is 11.8 Å². The SMILES string of the molecule is COc1cc(Nc2ncc(N)c([N+](=O)[O-])n2)c(F)c(OC)c1. The summed E-state index contributed by atoms with van der Waals surface area (Å²) in [4.78, 5) is 17.4. The number of hydrogen-bond acceptors (Lipinski definition) is 8. The van der Waals surface area contributed by atoms with E-state index in [2.05, 4.69) is 15.3 Å². The average Bonchev–Trinajstić information content (AvgIpc) is 2.50. The number of halogens is 1. The van der Waals surface area contributed by atoms with Crippen molar-refractivity contribution in [3.63, 3.8) is 0 Å². The molecule has 0 aliphatic heterocycles. The third kappa shape index (κ3) is 2.95. The summed E-state index contributed by atoms with van der Waals surface area (Å²) in [5.74, 6) is -1.22. The topological polar surface area (TPSA) is 125 Å². The van der Waals surface area contributed by atoms with Crippen molar-refractivity contribution >= 4 is 23.1 Å². The Morgan fingerprint density at radius 1 is 1.36 bits per heavy atom. The number of nitrogen functional groups attached to an aromatic ring is 1. The summed E-state index contributed by atoms with van der Waals surface area (Å²) in [6.45, 7) is 0. The Kier molecular flexibility index (Phi) is 4.20. The zero-order chi connectivity index (χ0) is 16.3. The number of anilines is 3. The van der Waals surface area contributed by atoms with Gasteiger partial charge in [0.25, 0.3) is 0 Å². The van der Waals surface area contributed by atoms with Crippen molar-refractivity contribution in [3.8, 4) is 11.5 Å². The van der Waals surface area contributed by atoms with Gasteiger partial charge < -0.3 is 25.3 Å². The highest BCUT2D eigenvalue weighted by atomic mass is 19.1. The van der Waals surface area contributed by atoms with E-state index in [0.29, 0.717) is 5.75 Å². The maximum atomic E-state index is 14.2. The number of rotatable bonds is 5. The molecule has 0 fully saturated rings. The lowest BCUT2D eigenvalue weighted by Gasteiger charge is -2.10. The molecule has 0 bridgehead atoms. The van der Waals surface area contributed by atoms with Crippen molar-refractivity contribution in [3.05, 3.63) is 34.3 Å². The van der Waals surface area contributed by atoms with Crippen LogP contribution in [-0.4, -0.2) is 29.1 Å². The molecule has 0 saturated heterocycles. The molecule has 0 saturated carbocycles. The Balaban J connectivity index is 2.42. The Hall–Kier alpha value is -3.17. The molecule has 0 unspecified atom stereocenters.